The average molecular weight is 326 g/mol. The third-order valence-electron chi connectivity index (χ3n) is 4.09. The van der Waals surface area contributed by atoms with Crippen molar-refractivity contribution in [1.82, 2.24) is 9.97 Å². The maximum Gasteiger partial charge on any atom is 0.225 e. The van der Waals surface area contributed by atoms with Gasteiger partial charge in [-0.15, -0.1) is 11.3 Å². The second-order valence-corrected chi connectivity index (χ2v) is 6.91. The van der Waals surface area contributed by atoms with Crippen LogP contribution in [0.4, 0.5) is 5.82 Å². The van der Waals surface area contributed by atoms with Crippen molar-refractivity contribution >= 4 is 39.0 Å². The number of aryl methyl sites for hydroxylation is 1. The van der Waals surface area contributed by atoms with Gasteiger partial charge < -0.3 is 10.0 Å². The molecule has 2 aromatic rings. The van der Waals surface area contributed by atoms with E-state index in [4.69, 9.17) is 16.7 Å². The molecular formula is C15H20ClN3OS. The number of thiophene rings is 1. The highest BCUT2D eigenvalue weighted by Gasteiger charge is 2.27. The Labute approximate surface area is 133 Å². The van der Waals surface area contributed by atoms with Crippen LogP contribution < -0.4 is 4.90 Å². The second kappa shape index (κ2) is 6.46. The molecule has 3 heterocycles. The molecule has 0 amide bonds. The molecule has 1 atom stereocenters. The quantitative estimate of drug-likeness (QED) is 0.852. The topological polar surface area (TPSA) is 49.2 Å². The van der Waals surface area contributed by atoms with Crippen molar-refractivity contribution in [3.63, 3.8) is 0 Å². The molecule has 21 heavy (non-hydrogen) atoms. The van der Waals surface area contributed by atoms with Crippen LogP contribution in [0.2, 0.25) is 5.28 Å². The zero-order valence-electron chi connectivity index (χ0n) is 12.2. The Bertz CT molecular complexity index is 631. The number of rotatable bonds is 5. The van der Waals surface area contributed by atoms with Crippen LogP contribution in [-0.4, -0.2) is 34.3 Å². The van der Waals surface area contributed by atoms with Gasteiger partial charge in [-0.1, -0.05) is 6.92 Å². The number of aliphatic hydroxyl groups is 1. The van der Waals surface area contributed by atoms with E-state index in [1.807, 2.05) is 0 Å². The zero-order valence-corrected chi connectivity index (χ0v) is 13.8. The van der Waals surface area contributed by atoms with Crippen LogP contribution in [0.1, 0.15) is 37.5 Å². The molecule has 6 heteroatoms. The van der Waals surface area contributed by atoms with Crippen molar-refractivity contribution < 1.29 is 5.11 Å². The van der Waals surface area contributed by atoms with E-state index in [0.29, 0.717) is 11.3 Å². The van der Waals surface area contributed by atoms with Crippen LogP contribution in [0.3, 0.4) is 0 Å². The van der Waals surface area contributed by atoms with Gasteiger partial charge in [0.1, 0.15) is 10.6 Å². The first-order valence-electron chi connectivity index (χ1n) is 7.56. The highest BCUT2D eigenvalue weighted by Crippen LogP contribution is 2.36. The van der Waals surface area contributed by atoms with Gasteiger partial charge in [-0.25, -0.2) is 4.98 Å². The number of fused-ring (bicyclic) bond motifs is 1. The summed E-state index contributed by atoms with van der Waals surface area (Å²) in [6.45, 7) is 3.41. The van der Waals surface area contributed by atoms with E-state index < -0.39 is 0 Å². The van der Waals surface area contributed by atoms with E-state index >= 15 is 0 Å². The third-order valence-corrected chi connectivity index (χ3v) is 5.43. The lowest BCUT2D eigenvalue weighted by molar-refractivity contribution is 0.279. The molecule has 1 aliphatic rings. The Morgan fingerprint density at radius 2 is 2.33 bits per heavy atom. The molecule has 0 radical (unpaired) electrons. The van der Waals surface area contributed by atoms with Gasteiger partial charge in [0.2, 0.25) is 5.28 Å². The molecule has 1 unspecified atom stereocenters. The number of aliphatic hydroxyl groups excluding tert-OH is 1. The summed E-state index contributed by atoms with van der Waals surface area (Å²) < 4.78 is 0. The molecule has 3 rings (SSSR count). The Morgan fingerprint density at radius 1 is 1.48 bits per heavy atom. The Morgan fingerprint density at radius 3 is 3.10 bits per heavy atom. The maximum atomic E-state index is 9.07. The van der Waals surface area contributed by atoms with Gasteiger partial charge in [-0.3, -0.25) is 0 Å². The highest BCUT2D eigenvalue weighted by molar-refractivity contribution is 7.18. The molecule has 4 nitrogen and oxygen atoms in total. The number of hydrogen-bond donors (Lipinski definition) is 1. The molecule has 0 spiro atoms. The summed E-state index contributed by atoms with van der Waals surface area (Å²) in [5.74, 6) is 0.974. The SMILES string of the molecule is CCc1cc2c(N3CCCC3CCCO)nc(Cl)nc2s1. The molecule has 1 fully saturated rings. The monoisotopic (exact) mass is 325 g/mol. The van der Waals surface area contributed by atoms with Gasteiger partial charge in [-0.05, 0) is 49.8 Å². The summed E-state index contributed by atoms with van der Waals surface area (Å²) in [5.41, 5.74) is 0. The molecule has 114 valence electrons. The predicted octanol–water partition coefficient (Wildman–Crippen LogP) is 3.65. The van der Waals surface area contributed by atoms with Crippen molar-refractivity contribution in [2.45, 2.75) is 45.1 Å². The van der Waals surface area contributed by atoms with Crippen LogP contribution >= 0.6 is 22.9 Å². The molecular weight excluding hydrogens is 306 g/mol. The number of anilines is 1. The van der Waals surface area contributed by atoms with Gasteiger partial charge in [0.25, 0.3) is 0 Å². The van der Waals surface area contributed by atoms with Crippen LogP contribution in [0.5, 0.6) is 0 Å². The van der Waals surface area contributed by atoms with Gasteiger partial charge in [0.15, 0.2) is 0 Å². The fourth-order valence-corrected chi connectivity index (χ4v) is 4.24. The lowest BCUT2D eigenvalue weighted by Crippen LogP contribution is -2.30. The van der Waals surface area contributed by atoms with Crippen molar-refractivity contribution in [1.29, 1.82) is 0 Å². The fourth-order valence-electron chi connectivity index (χ4n) is 3.07. The van der Waals surface area contributed by atoms with E-state index in [1.54, 1.807) is 11.3 Å². The van der Waals surface area contributed by atoms with Gasteiger partial charge >= 0.3 is 0 Å². The van der Waals surface area contributed by atoms with E-state index in [9.17, 15) is 0 Å². The first-order chi connectivity index (χ1) is 10.2. The highest BCUT2D eigenvalue weighted by atomic mass is 35.5. The second-order valence-electron chi connectivity index (χ2n) is 5.46. The molecule has 0 aromatic carbocycles. The summed E-state index contributed by atoms with van der Waals surface area (Å²) in [4.78, 5) is 13.5. The van der Waals surface area contributed by atoms with Gasteiger partial charge in [0, 0.05) is 24.1 Å². The van der Waals surface area contributed by atoms with Crippen LogP contribution in [0.25, 0.3) is 10.2 Å². The molecule has 0 aliphatic carbocycles. The number of aromatic nitrogens is 2. The van der Waals surface area contributed by atoms with Gasteiger partial charge in [-0.2, -0.15) is 4.98 Å². The van der Waals surface area contributed by atoms with E-state index in [2.05, 4.69) is 27.9 Å². The number of nitrogens with zero attached hydrogens (tertiary/aromatic N) is 3. The third kappa shape index (κ3) is 3.00. The largest absolute Gasteiger partial charge is 0.396 e. The summed E-state index contributed by atoms with van der Waals surface area (Å²) in [6, 6.07) is 2.66. The molecule has 2 aromatic heterocycles. The maximum absolute atomic E-state index is 9.07. The molecule has 1 N–H and O–H groups in total. The van der Waals surface area contributed by atoms with Crippen LogP contribution in [0, 0.1) is 0 Å². The van der Waals surface area contributed by atoms with Gasteiger partial charge in [0.05, 0.1) is 5.39 Å². The van der Waals surface area contributed by atoms with E-state index in [-0.39, 0.29) is 6.61 Å². The van der Waals surface area contributed by atoms with Crippen molar-refractivity contribution in [2.24, 2.45) is 0 Å². The number of hydrogen-bond acceptors (Lipinski definition) is 5. The zero-order chi connectivity index (χ0) is 14.8. The lowest BCUT2D eigenvalue weighted by Gasteiger charge is -2.26. The van der Waals surface area contributed by atoms with Crippen LogP contribution in [-0.2, 0) is 6.42 Å². The van der Waals surface area contributed by atoms with Crippen LogP contribution in [0.15, 0.2) is 6.07 Å². The number of halogens is 1. The van der Waals surface area contributed by atoms with Crippen molar-refractivity contribution in [3.05, 3.63) is 16.2 Å². The first kappa shape index (κ1) is 15.0. The van der Waals surface area contributed by atoms with Crippen molar-refractivity contribution in [3.8, 4) is 0 Å². The van der Waals surface area contributed by atoms with E-state index in [0.717, 1.165) is 48.3 Å². The lowest BCUT2D eigenvalue weighted by atomic mass is 10.1. The minimum Gasteiger partial charge on any atom is -0.396 e. The minimum atomic E-state index is 0.253. The summed E-state index contributed by atoms with van der Waals surface area (Å²) in [7, 11) is 0. The normalized spacial score (nSPS) is 18.8. The average Bonchev–Trinajstić information content (AvgIpc) is 3.09. The molecule has 1 aliphatic heterocycles. The first-order valence-corrected chi connectivity index (χ1v) is 8.75. The Hall–Kier alpha value is -0.910. The smallest absolute Gasteiger partial charge is 0.225 e. The van der Waals surface area contributed by atoms with E-state index in [1.165, 1.54) is 11.3 Å². The molecule has 1 saturated heterocycles. The summed E-state index contributed by atoms with van der Waals surface area (Å²) in [5, 5.41) is 10.5. The molecule has 0 bridgehead atoms. The standard InChI is InChI=1S/C15H20ClN3OS/c1-2-11-9-12-13(17-15(16)18-14(12)21-11)19-7-3-5-10(19)6-4-8-20/h9-10,20H,2-8H2,1H3. The Kier molecular flexibility index (Phi) is 4.62. The Balaban J connectivity index is 2.00. The molecule has 0 saturated carbocycles. The minimum absolute atomic E-state index is 0.253. The summed E-state index contributed by atoms with van der Waals surface area (Å²) in [6.07, 6.45) is 5.18. The summed E-state index contributed by atoms with van der Waals surface area (Å²) >= 11 is 7.83. The fraction of sp³-hybridized carbons (Fsp3) is 0.600. The predicted molar refractivity (Wildman–Crippen MR) is 88.5 cm³/mol. The van der Waals surface area contributed by atoms with Crippen molar-refractivity contribution in [2.75, 3.05) is 18.1 Å².